The topological polar surface area (TPSA) is 0 Å². The third kappa shape index (κ3) is 1.80. The molecule has 21 heavy (non-hydrogen) atoms. The molecule has 0 radical (unpaired) electrons. The van der Waals surface area contributed by atoms with Gasteiger partial charge in [-0.15, -0.1) is 0 Å². The van der Waals surface area contributed by atoms with Crippen LogP contribution in [0.4, 0.5) is 0 Å². The van der Waals surface area contributed by atoms with Crippen molar-refractivity contribution in [3.63, 3.8) is 0 Å². The number of hydrogen-bond acceptors (Lipinski definition) is 0. The van der Waals surface area contributed by atoms with E-state index in [2.05, 4.69) is 39.8 Å². The summed E-state index contributed by atoms with van der Waals surface area (Å²) >= 11 is 0. The van der Waals surface area contributed by atoms with Crippen molar-refractivity contribution < 1.29 is 0 Å². The Bertz CT molecular complexity index is 520. The van der Waals surface area contributed by atoms with Crippen LogP contribution in [0.5, 0.6) is 0 Å². The van der Waals surface area contributed by atoms with Crippen molar-refractivity contribution in [2.24, 2.45) is 28.1 Å². The van der Waals surface area contributed by atoms with Crippen LogP contribution < -0.4 is 0 Å². The molecule has 0 aliphatic heterocycles. The third-order valence-electron chi connectivity index (χ3n) is 7.94. The molecule has 4 atom stereocenters. The first-order valence-corrected chi connectivity index (χ1v) is 9.30. The van der Waals surface area contributed by atoms with Gasteiger partial charge < -0.3 is 0 Å². The monoisotopic (exact) mass is 284 g/mol. The molecule has 0 heteroatoms. The molecule has 0 bridgehead atoms. The summed E-state index contributed by atoms with van der Waals surface area (Å²) in [6.07, 6.45) is 16.7. The Morgan fingerprint density at radius 1 is 0.810 bits per heavy atom. The van der Waals surface area contributed by atoms with Crippen LogP contribution in [0.15, 0.2) is 23.3 Å². The lowest BCUT2D eigenvalue weighted by Gasteiger charge is -2.56. The molecule has 0 aromatic rings. The van der Waals surface area contributed by atoms with Crippen molar-refractivity contribution in [2.75, 3.05) is 0 Å². The minimum Gasteiger partial charge on any atom is -0.0626 e. The van der Waals surface area contributed by atoms with Gasteiger partial charge in [0.2, 0.25) is 0 Å². The highest BCUT2D eigenvalue weighted by Gasteiger charge is 2.54. The van der Waals surface area contributed by atoms with Crippen molar-refractivity contribution in [3.05, 3.63) is 23.3 Å². The van der Waals surface area contributed by atoms with Gasteiger partial charge in [-0.3, -0.25) is 0 Å². The number of allylic oxidation sites excluding steroid dienone is 4. The normalized spacial score (nSPS) is 47.8. The van der Waals surface area contributed by atoms with E-state index in [0.717, 1.165) is 11.8 Å². The van der Waals surface area contributed by atoms with Gasteiger partial charge in [0.1, 0.15) is 0 Å². The largest absolute Gasteiger partial charge is 0.0626 e. The lowest BCUT2D eigenvalue weighted by molar-refractivity contribution is 0.0749. The number of fused-ring (bicyclic) bond motifs is 5. The Kier molecular flexibility index (Phi) is 2.87. The van der Waals surface area contributed by atoms with E-state index in [4.69, 9.17) is 0 Å². The zero-order valence-corrected chi connectivity index (χ0v) is 14.5. The molecular weight excluding hydrogens is 252 g/mol. The summed E-state index contributed by atoms with van der Waals surface area (Å²) < 4.78 is 0. The van der Waals surface area contributed by atoms with Crippen LogP contribution in [0, 0.1) is 28.1 Å². The first-order valence-electron chi connectivity index (χ1n) is 9.30. The molecule has 0 heterocycles. The minimum atomic E-state index is 0.422. The Hall–Kier alpha value is -0.520. The average Bonchev–Trinajstić information content (AvgIpc) is 2.79. The van der Waals surface area contributed by atoms with Gasteiger partial charge in [-0.1, -0.05) is 63.8 Å². The van der Waals surface area contributed by atoms with E-state index in [1.165, 1.54) is 51.4 Å². The highest BCUT2D eigenvalue weighted by molar-refractivity contribution is 5.40. The minimum absolute atomic E-state index is 0.422. The summed E-state index contributed by atoms with van der Waals surface area (Å²) in [5, 5.41) is 0. The molecule has 0 aromatic heterocycles. The first-order chi connectivity index (χ1) is 9.87. The zero-order chi connectivity index (χ0) is 14.9. The summed E-state index contributed by atoms with van der Waals surface area (Å²) in [6, 6.07) is 0. The van der Waals surface area contributed by atoms with Crippen LogP contribution in [0.2, 0.25) is 0 Å². The summed E-state index contributed by atoms with van der Waals surface area (Å²) in [7, 11) is 0. The lowest BCUT2D eigenvalue weighted by atomic mass is 9.48. The highest BCUT2D eigenvalue weighted by Crippen LogP contribution is 2.65. The predicted molar refractivity (Wildman–Crippen MR) is 90.1 cm³/mol. The van der Waals surface area contributed by atoms with Crippen molar-refractivity contribution in [3.8, 4) is 0 Å². The fourth-order valence-corrected chi connectivity index (χ4v) is 6.80. The maximum absolute atomic E-state index is 2.61. The summed E-state index contributed by atoms with van der Waals surface area (Å²) in [5.41, 5.74) is 5.15. The van der Waals surface area contributed by atoms with Gasteiger partial charge in [0.15, 0.2) is 0 Å². The van der Waals surface area contributed by atoms with E-state index >= 15 is 0 Å². The Balaban J connectivity index is 1.80. The molecule has 4 rings (SSSR count). The molecule has 0 N–H and O–H groups in total. The van der Waals surface area contributed by atoms with Crippen LogP contribution in [-0.4, -0.2) is 0 Å². The zero-order valence-electron chi connectivity index (χ0n) is 14.5. The fraction of sp³-hybridized carbons (Fsp3) is 0.810. The van der Waals surface area contributed by atoms with Gasteiger partial charge in [-0.25, -0.2) is 0 Å². The van der Waals surface area contributed by atoms with E-state index in [1.54, 1.807) is 5.57 Å². The summed E-state index contributed by atoms with van der Waals surface area (Å²) in [4.78, 5) is 0. The Morgan fingerprint density at radius 2 is 1.62 bits per heavy atom. The van der Waals surface area contributed by atoms with Crippen LogP contribution in [0.25, 0.3) is 0 Å². The van der Waals surface area contributed by atoms with Crippen molar-refractivity contribution >= 4 is 0 Å². The quantitative estimate of drug-likeness (QED) is 0.490. The standard InChI is InChI=1S/C21H32/c1-19(2)11-6-13-21(4)17-10-14-20(3)12-5-7-16(20)15(17)8-9-18(19)21/h8-9,16-17H,5-7,10-14H2,1-4H3. The smallest absolute Gasteiger partial charge is 0.00423 e. The van der Waals surface area contributed by atoms with Crippen molar-refractivity contribution in [1.82, 2.24) is 0 Å². The van der Waals surface area contributed by atoms with E-state index in [1.807, 2.05) is 5.57 Å². The summed E-state index contributed by atoms with van der Waals surface area (Å²) in [5.74, 6) is 1.75. The molecule has 0 amide bonds. The van der Waals surface area contributed by atoms with Gasteiger partial charge >= 0.3 is 0 Å². The van der Waals surface area contributed by atoms with Crippen molar-refractivity contribution in [1.29, 1.82) is 0 Å². The first kappa shape index (κ1) is 14.1. The van der Waals surface area contributed by atoms with Gasteiger partial charge in [0, 0.05) is 0 Å². The molecule has 0 saturated heterocycles. The highest BCUT2D eigenvalue weighted by atomic mass is 14.6. The molecular formula is C21H32. The fourth-order valence-electron chi connectivity index (χ4n) is 6.80. The molecule has 0 aromatic carbocycles. The SMILES string of the molecule is CC1(C)CCCC2(C)C1=CC=C1C3CCCC3(C)CCC12. The molecule has 4 unspecified atom stereocenters. The van der Waals surface area contributed by atoms with Crippen LogP contribution >= 0.6 is 0 Å². The Labute approximate surface area is 131 Å². The molecule has 116 valence electrons. The maximum Gasteiger partial charge on any atom is -0.00423 e. The second kappa shape index (κ2) is 4.27. The molecule has 4 aliphatic carbocycles. The van der Waals surface area contributed by atoms with Gasteiger partial charge in [-0.2, -0.15) is 0 Å². The second-order valence-electron chi connectivity index (χ2n) is 9.59. The number of rotatable bonds is 0. The van der Waals surface area contributed by atoms with Crippen molar-refractivity contribution in [2.45, 2.75) is 79.1 Å². The third-order valence-corrected chi connectivity index (χ3v) is 7.94. The molecule has 0 nitrogen and oxygen atoms in total. The average molecular weight is 284 g/mol. The molecule has 4 aliphatic rings. The van der Waals surface area contributed by atoms with E-state index in [9.17, 15) is 0 Å². The molecule has 3 saturated carbocycles. The van der Waals surface area contributed by atoms with Gasteiger partial charge in [0.05, 0.1) is 0 Å². The second-order valence-corrected chi connectivity index (χ2v) is 9.59. The van der Waals surface area contributed by atoms with Crippen LogP contribution in [-0.2, 0) is 0 Å². The number of hydrogen-bond donors (Lipinski definition) is 0. The van der Waals surface area contributed by atoms with Gasteiger partial charge in [0.25, 0.3) is 0 Å². The van der Waals surface area contributed by atoms with E-state index < -0.39 is 0 Å². The van der Waals surface area contributed by atoms with Gasteiger partial charge in [-0.05, 0) is 66.6 Å². The molecule has 0 spiro atoms. The summed E-state index contributed by atoms with van der Waals surface area (Å²) in [6.45, 7) is 10.2. The van der Waals surface area contributed by atoms with Crippen LogP contribution in [0.3, 0.4) is 0 Å². The predicted octanol–water partition coefficient (Wildman–Crippen LogP) is 6.29. The van der Waals surface area contributed by atoms with E-state index in [-0.39, 0.29) is 0 Å². The maximum atomic E-state index is 2.61. The molecule has 3 fully saturated rings. The van der Waals surface area contributed by atoms with E-state index in [0.29, 0.717) is 16.2 Å². The lowest BCUT2D eigenvalue weighted by Crippen LogP contribution is -2.46. The Morgan fingerprint density at radius 3 is 2.43 bits per heavy atom. The van der Waals surface area contributed by atoms with Crippen LogP contribution in [0.1, 0.15) is 79.1 Å².